The Balaban J connectivity index is 1.45. The van der Waals surface area contributed by atoms with Crippen LogP contribution >= 0.6 is 27.3 Å². The number of halogens is 1. The first-order chi connectivity index (χ1) is 16.7. The van der Waals surface area contributed by atoms with Gasteiger partial charge in [-0.25, -0.2) is 4.98 Å². The predicted octanol–water partition coefficient (Wildman–Crippen LogP) is 6.33. The number of hydrogen-bond donors (Lipinski definition) is 3. The molecule has 0 radical (unpaired) electrons. The van der Waals surface area contributed by atoms with E-state index < -0.39 is 0 Å². The van der Waals surface area contributed by atoms with Gasteiger partial charge < -0.3 is 20.7 Å². The van der Waals surface area contributed by atoms with Crippen LogP contribution in [0.2, 0.25) is 0 Å². The lowest BCUT2D eigenvalue weighted by Crippen LogP contribution is -2.19. The fourth-order valence-electron chi connectivity index (χ4n) is 3.30. The van der Waals surface area contributed by atoms with E-state index in [1.54, 1.807) is 6.20 Å². The molecular weight excluding hydrogens is 512 g/mol. The molecule has 0 saturated carbocycles. The highest BCUT2D eigenvalue weighted by Gasteiger charge is 2.15. The van der Waals surface area contributed by atoms with Crippen molar-refractivity contribution in [1.82, 2.24) is 15.3 Å². The molecule has 3 N–H and O–H groups in total. The van der Waals surface area contributed by atoms with E-state index in [2.05, 4.69) is 67.0 Å². The van der Waals surface area contributed by atoms with Gasteiger partial charge in [0.1, 0.15) is 10.8 Å². The SMILES string of the molecule is CCCOCCNCc1ccc(Nc2nc3ncc(C#N)c(Nc4cccc(Br)c4)c3s2)cc1. The number of anilines is 4. The zero-order chi connectivity index (χ0) is 23.8. The van der Waals surface area contributed by atoms with Crippen LogP contribution in [0, 0.1) is 11.3 Å². The van der Waals surface area contributed by atoms with Crippen molar-refractivity contribution in [2.75, 3.05) is 30.4 Å². The maximum atomic E-state index is 9.61. The number of nitriles is 1. The van der Waals surface area contributed by atoms with Gasteiger partial charge in [0.15, 0.2) is 10.8 Å². The second kappa shape index (κ2) is 11.9. The summed E-state index contributed by atoms with van der Waals surface area (Å²) in [5, 5.41) is 20.4. The van der Waals surface area contributed by atoms with Gasteiger partial charge in [-0.05, 0) is 42.3 Å². The second-order valence-electron chi connectivity index (χ2n) is 7.58. The molecule has 7 nitrogen and oxygen atoms in total. The van der Waals surface area contributed by atoms with Crippen LogP contribution in [-0.2, 0) is 11.3 Å². The van der Waals surface area contributed by atoms with Crippen LogP contribution in [0.1, 0.15) is 24.5 Å². The maximum Gasteiger partial charge on any atom is 0.189 e. The van der Waals surface area contributed by atoms with Gasteiger partial charge in [0, 0.05) is 41.7 Å². The summed E-state index contributed by atoms with van der Waals surface area (Å²) in [6.07, 6.45) is 2.60. The van der Waals surface area contributed by atoms with Gasteiger partial charge in [-0.15, -0.1) is 0 Å². The smallest absolute Gasteiger partial charge is 0.189 e. The summed E-state index contributed by atoms with van der Waals surface area (Å²) < 4.78 is 7.27. The number of fused-ring (bicyclic) bond motifs is 1. The number of hydrogen-bond acceptors (Lipinski definition) is 8. The second-order valence-corrected chi connectivity index (χ2v) is 9.49. The van der Waals surface area contributed by atoms with Gasteiger partial charge >= 0.3 is 0 Å². The van der Waals surface area contributed by atoms with Crippen molar-refractivity contribution in [2.24, 2.45) is 0 Å². The van der Waals surface area contributed by atoms with E-state index in [1.807, 2.05) is 36.4 Å². The van der Waals surface area contributed by atoms with Crippen molar-refractivity contribution in [3.05, 3.63) is 70.3 Å². The Kier molecular flexibility index (Phi) is 8.44. The van der Waals surface area contributed by atoms with Crippen molar-refractivity contribution in [3.8, 4) is 6.07 Å². The third-order valence-corrected chi connectivity index (χ3v) is 6.41. The Morgan fingerprint density at radius 2 is 1.94 bits per heavy atom. The van der Waals surface area contributed by atoms with E-state index in [1.165, 1.54) is 16.9 Å². The zero-order valence-corrected chi connectivity index (χ0v) is 21.2. The minimum absolute atomic E-state index is 0.472. The van der Waals surface area contributed by atoms with Crippen molar-refractivity contribution in [3.63, 3.8) is 0 Å². The molecule has 0 spiro atoms. The molecule has 0 atom stereocenters. The summed E-state index contributed by atoms with van der Waals surface area (Å²) in [6, 6.07) is 18.3. The molecule has 0 amide bonds. The normalized spacial score (nSPS) is 10.9. The zero-order valence-electron chi connectivity index (χ0n) is 18.8. The molecule has 4 rings (SSSR count). The molecular formula is C25H25BrN6OS. The molecule has 2 heterocycles. The van der Waals surface area contributed by atoms with E-state index in [0.29, 0.717) is 22.0 Å². The molecule has 0 saturated heterocycles. The number of nitrogens with one attached hydrogen (secondary N) is 3. The number of pyridine rings is 1. The van der Waals surface area contributed by atoms with Crippen LogP contribution in [0.5, 0.6) is 0 Å². The van der Waals surface area contributed by atoms with E-state index in [4.69, 9.17) is 4.74 Å². The van der Waals surface area contributed by atoms with Crippen molar-refractivity contribution >= 4 is 59.8 Å². The highest BCUT2D eigenvalue weighted by Crippen LogP contribution is 2.36. The third-order valence-electron chi connectivity index (χ3n) is 4.94. The summed E-state index contributed by atoms with van der Waals surface area (Å²) in [7, 11) is 0. The van der Waals surface area contributed by atoms with Crippen LogP contribution in [0.15, 0.2) is 59.2 Å². The molecule has 2 aromatic heterocycles. The summed E-state index contributed by atoms with van der Waals surface area (Å²) in [6.45, 7) is 5.27. The van der Waals surface area contributed by atoms with Gasteiger partial charge in [-0.1, -0.05) is 52.4 Å². The topological polar surface area (TPSA) is 94.9 Å². The summed E-state index contributed by atoms with van der Waals surface area (Å²) in [4.78, 5) is 9.00. The van der Waals surface area contributed by atoms with E-state index in [-0.39, 0.29) is 0 Å². The fraction of sp³-hybridized carbons (Fsp3) is 0.240. The van der Waals surface area contributed by atoms with Crippen molar-refractivity contribution in [2.45, 2.75) is 19.9 Å². The number of aromatic nitrogens is 2. The molecule has 0 fully saturated rings. The largest absolute Gasteiger partial charge is 0.380 e. The third kappa shape index (κ3) is 6.30. The molecule has 34 heavy (non-hydrogen) atoms. The number of benzene rings is 2. The van der Waals surface area contributed by atoms with Crippen LogP contribution in [0.3, 0.4) is 0 Å². The molecule has 0 bridgehead atoms. The molecule has 0 aliphatic rings. The molecule has 9 heteroatoms. The lowest BCUT2D eigenvalue weighted by atomic mass is 10.2. The van der Waals surface area contributed by atoms with Gasteiger partial charge in [0.2, 0.25) is 0 Å². The van der Waals surface area contributed by atoms with E-state index in [9.17, 15) is 5.26 Å². The van der Waals surface area contributed by atoms with Gasteiger partial charge in [-0.2, -0.15) is 10.2 Å². The first-order valence-corrected chi connectivity index (χ1v) is 12.6. The molecule has 0 unspecified atom stereocenters. The lowest BCUT2D eigenvalue weighted by Gasteiger charge is -2.09. The Bertz CT molecular complexity index is 1290. The summed E-state index contributed by atoms with van der Waals surface area (Å²) in [5.74, 6) is 0. The van der Waals surface area contributed by atoms with Gasteiger partial charge in [-0.3, -0.25) is 0 Å². The highest BCUT2D eigenvalue weighted by atomic mass is 79.9. The summed E-state index contributed by atoms with van der Waals surface area (Å²) >= 11 is 4.95. The van der Waals surface area contributed by atoms with Crippen LogP contribution in [0.4, 0.5) is 22.2 Å². The molecule has 0 aliphatic carbocycles. The van der Waals surface area contributed by atoms with Gasteiger partial charge in [0.05, 0.1) is 17.9 Å². The van der Waals surface area contributed by atoms with Gasteiger partial charge in [0.25, 0.3) is 0 Å². The molecule has 0 aliphatic heterocycles. The van der Waals surface area contributed by atoms with Crippen LogP contribution < -0.4 is 16.0 Å². The average Bonchev–Trinajstić information content (AvgIpc) is 3.25. The number of rotatable bonds is 11. The fourth-order valence-corrected chi connectivity index (χ4v) is 4.65. The first kappa shape index (κ1) is 24.1. The minimum Gasteiger partial charge on any atom is -0.380 e. The van der Waals surface area contributed by atoms with E-state index >= 15 is 0 Å². The maximum absolute atomic E-state index is 9.61. The number of ether oxygens (including phenoxy) is 1. The number of nitrogens with zero attached hydrogens (tertiary/aromatic N) is 3. The average molecular weight is 537 g/mol. The molecule has 174 valence electrons. The Labute approximate surface area is 211 Å². The Morgan fingerprint density at radius 1 is 1.09 bits per heavy atom. The summed E-state index contributed by atoms with van der Waals surface area (Å²) in [5.41, 5.74) is 4.79. The monoisotopic (exact) mass is 536 g/mol. The molecule has 2 aromatic carbocycles. The molecule has 4 aromatic rings. The van der Waals surface area contributed by atoms with Crippen LogP contribution in [-0.4, -0.2) is 29.7 Å². The Hall–Kier alpha value is -3.03. The first-order valence-electron chi connectivity index (χ1n) is 11.0. The van der Waals surface area contributed by atoms with Crippen molar-refractivity contribution < 1.29 is 4.74 Å². The predicted molar refractivity (Wildman–Crippen MR) is 142 cm³/mol. The van der Waals surface area contributed by atoms with Crippen LogP contribution in [0.25, 0.3) is 10.3 Å². The number of thiazole rings is 1. The highest BCUT2D eigenvalue weighted by molar-refractivity contribution is 9.10. The quantitative estimate of drug-likeness (QED) is 0.193. The Morgan fingerprint density at radius 3 is 2.71 bits per heavy atom. The minimum atomic E-state index is 0.472. The van der Waals surface area contributed by atoms with E-state index in [0.717, 1.165) is 53.3 Å². The standard InChI is InChI=1S/C25H25BrN6OS/c1-2-11-33-12-10-28-15-17-6-8-20(9-7-17)31-25-32-24-23(34-25)22(18(14-27)16-29-24)30-21-5-3-4-19(26)13-21/h3-9,13,16,28H,2,10-12,15H2,1H3,(H2,29,30,31,32). The van der Waals surface area contributed by atoms with Crippen molar-refractivity contribution in [1.29, 1.82) is 5.26 Å². The lowest BCUT2D eigenvalue weighted by molar-refractivity contribution is 0.136.